The number of amides is 2. The summed E-state index contributed by atoms with van der Waals surface area (Å²) < 4.78 is 100.0. The number of hydrogen-bond donors (Lipinski definition) is 0. The molecule has 0 N–H and O–H groups in total. The van der Waals surface area contributed by atoms with E-state index in [0.717, 1.165) is 5.56 Å². The maximum Gasteiger partial charge on any atom is 0.416 e. The molecule has 0 saturated carbocycles. The minimum Gasteiger partial charge on any atom is -0.453 e. The molecule has 0 aromatic heterocycles. The average Bonchev–Trinajstić information content (AvgIpc) is 2.98. The monoisotopic (exact) mass is 631 g/mol. The van der Waals surface area contributed by atoms with Gasteiger partial charge in [-0.2, -0.15) is 26.3 Å². The lowest BCUT2D eigenvalue weighted by Gasteiger charge is -2.45. The predicted octanol–water partition coefficient (Wildman–Crippen LogP) is 7.03. The van der Waals surface area contributed by atoms with Gasteiger partial charge in [-0.05, 0) is 86.7 Å². The maximum absolute atomic E-state index is 14.0. The Balaban J connectivity index is 1.61. The number of rotatable bonds is 5. The van der Waals surface area contributed by atoms with Gasteiger partial charge in [0.05, 0.1) is 24.3 Å². The van der Waals surface area contributed by atoms with E-state index in [-0.39, 0.29) is 17.7 Å². The third-order valence-electron chi connectivity index (χ3n) is 9.03. The summed E-state index contributed by atoms with van der Waals surface area (Å²) in [6, 6.07) is 4.70. The Morgan fingerprint density at radius 3 is 2.05 bits per heavy atom. The number of methoxy groups -OCH3 is 1. The molecule has 0 spiro atoms. The Bertz CT molecular complexity index is 1320. The first-order chi connectivity index (χ1) is 20.5. The minimum absolute atomic E-state index is 0.0662. The molecule has 44 heavy (non-hydrogen) atoms. The van der Waals surface area contributed by atoms with Gasteiger partial charge in [-0.1, -0.05) is 6.07 Å². The van der Waals surface area contributed by atoms with Crippen LogP contribution < -0.4 is 0 Å². The second-order valence-electron chi connectivity index (χ2n) is 11.7. The Morgan fingerprint density at radius 1 is 0.932 bits per heavy atom. The number of nitrogens with zero attached hydrogens (tertiary/aromatic N) is 3. The molecule has 2 aliphatic rings. The standard InChI is InChI=1S/C31H36F7N3O3/c1-18-13-23(32)5-6-25(18)27-17-41(24-7-10-40(11-8-24)29(43)44-4)12-9-26(27)28(42)39(3)19(2)20-14-21(30(33,34)35)16-22(15-20)31(36,37)38/h5-6,13-16,19,24,26-27H,7-12,17H2,1-4H3/t19-,26+,27-/m1/s1. The Hall–Kier alpha value is -3.35. The van der Waals surface area contributed by atoms with Crippen molar-refractivity contribution in [2.75, 3.05) is 40.3 Å². The van der Waals surface area contributed by atoms with E-state index in [2.05, 4.69) is 4.90 Å². The molecule has 0 radical (unpaired) electrons. The first-order valence-electron chi connectivity index (χ1n) is 14.4. The van der Waals surface area contributed by atoms with E-state index in [4.69, 9.17) is 4.74 Å². The average molecular weight is 632 g/mol. The van der Waals surface area contributed by atoms with Gasteiger partial charge in [0, 0.05) is 44.6 Å². The Morgan fingerprint density at radius 2 is 1.52 bits per heavy atom. The molecular formula is C31H36F7N3O3. The van der Waals surface area contributed by atoms with Crippen molar-refractivity contribution >= 4 is 12.0 Å². The molecule has 6 nitrogen and oxygen atoms in total. The van der Waals surface area contributed by atoms with Crippen molar-refractivity contribution in [3.63, 3.8) is 0 Å². The highest BCUT2D eigenvalue weighted by molar-refractivity contribution is 5.80. The third kappa shape index (κ3) is 7.30. The summed E-state index contributed by atoms with van der Waals surface area (Å²) in [6.45, 7) is 5.12. The van der Waals surface area contributed by atoms with E-state index >= 15 is 0 Å². The fourth-order valence-electron chi connectivity index (χ4n) is 6.41. The lowest BCUT2D eigenvalue weighted by molar-refractivity contribution is -0.143. The zero-order valence-corrected chi connectivity index (χ0v) is 24.9. The van der Waals surface area contributed by atoms with Gasteiger partial charge in [0.1, 0.15) is 5.82 Å². The molecule has 2 amide bonds. The summed E-state index contributed by atoms with van der Waals surface area (Å²) in [5.74, 6) is -1.91. The summed E-state index contributed by atoms with van der Waals surface area (Å²) >= 11 is 0. The van der Waals surface area contributed by atoms with E-state index in [9.17, 15) is 40.3 Å². The molecule has 0 aliphatic carbocycles. The van der Waals surface area contributed by atoms with Crippen molar-refractivity contribution in [2.45, 2.75) is 63.5 Å². The Labute approximate surface area is 251 Å². The van der Waals surface area contributed by atoms with Crippen molar-refractivity contribution in [1.82, 2.24) is 14.7 Å². The van der Waals surface area contributed by atoms with Crippen LogP contribution in [0.15, 0.2) is 36.4 Å². The van der Waals surface area contributed by atoms with Gasteiger partial charge < -0.3 is 14.5 Å². The van der Waals surface area contributed by atoms with Crippen molar-refractivity contribution in [2.24, 2.45) is 5.92 Å². The quantitative estimate of drug-likeness (QED) is 0.333. The third-order valence-corrected chi connectivity index (χ3v) is 9.03. The van der Waals surface area contributed by atoms with E-state index in [1.54, 1.807) is 17.9 Å². The predicted molar refractivity (Wildman–Crippen MR) is 148 cm³/mol. The summed E-state index contributed by atoms with van der Waals surface area (Å²) in [7, 11) is 2.70. The van der Waals surface area contributed by atoms with Crippen LogP contribution in [-0.4, -0.2) is 73.1 Å². The fourth-order valence-corrected chi connectivity index (χ4v) is 6.41. The van der Waals surface area contributed by atoms with Crippen molar-refractivity contribution < 1.29 is 45.1 Å². The Kier molecular flexibility index (Phi) is 9.87. The van der Waals surface area contributed by atoms with Crippen molar-refractivity contribution in [3.8, 4) is 0 Å². The zero-order chi connectivity index (χ0) is 32.6. The molecule has 3 atom stereocenters. The number of alkyl halides is 6. The van der Waals surface area contributed by atoms with Crippen LogP contribution in [0.2, 0.25) is 0 Å². The summed E-state index contributed by atoms with van der Waals surface area (Å²) in [5.41, 5.74) is -1.78. The molecule has 0 unspecified atom stereocenters. The van der Waals surface area contributed by atoms with Crippen molar-refractivity contribution in [1.29, 1.82) is 0 Å². The summed E-state index contributed by atoms with van der Waals surface area (Å²) in [4.78, 5) is 31.0. The number of benzene rings is 2. The number of hydrogen-bond acceptors (Lipinski definition) is 4. The number of piperidine rings is 2. The number of aryl methyl sites for hydroxylation is 1. The first kappa shape index (κ1) is 33.5. The molecule has 2 aromatic carbocycles. The zero-order valence-electron chi connectivity index (χ0n) is 24.9. The van der Waals surface area contributed by atoms with Gasteiger partial charge in [-0.15, -0.1) is 0 Å². The summed E-state index contributed by atoms with van der Waals surface area (Å²) in [6.07, 6.45) is -8.65. The normalized spacial score (nSPS) is 21.2. The van der Waals surface area contributed by atoms with Gasteiger partial charge in [0.2, 0.25) is 5.91 Å². The number of carbonyl (C=O) groups is 2. The van der Waals surface area contributed by atoms with Gasteiger partial charge in [-0.25, -0.2) is 9.18 Å². The largest absolute Gasteiger partial charge is 0.453 e. The molecule has 2 heterocycles. The van der Waals surface area contributed by atoms with E-state index in [1.807, 2.05) is 0 Å². The van der Waals surface area contributed by atoms with Crippen LogP contribution in [0.5, 0.6) is 0 Å². The number of halogens is 7. The van der Waals surface area contributed by atoms with Crippen molar-refractivity contribution in [3.05, 3.63) is 70.0 Å². The molecular weight excluding hydrogens is 595 g/mol. The number of ether oxygens (including phenoxy) is 1. The molecule has 2 aliphatic heterocycles. The topological polar surface area (TPSA) is 53.1 Å². The number of carbonyl (C=O) groups excluding carboxylic acids is 2. The number of likely N-dealkylation sites (tertiary alicyclic amines) is 2. The van der Waals surface area contributed by atoms with Crippen LogP contribution in [-0.2, 0) is 21.9 Å². The highest BCUT2D eigenvalue weighted by Crippen LogP contribution is 2.41. The second kappa shape index (κ2) is 12.9. The van der Waals surface area contributed by atoms with Gasteiger partial charge in [0.25, 0.3) is 0 Å². The van der Waals surface area contributed by atoms with Gasteiger partial charge in [-0.3, -0.25) is 9.69 Å². The lowest BCUT2D eigenvalue weighted by Crippen LogP contribution is -2.52. The van der Waals surface area contributed by atoms with Gasteiger partial charge in [0.15, 0.2) is 0 Å². The molecule has 4 rings (SSSR count). The summed E-state index contributed by atoms with van der Waals surface area (Å²) in [5, 5.41) is 0. The van der Waals surface area contributed by atoms with Crippen LogP contribution in [0.3, 0.4) is 0 Å². The SMILES string of the molecule is COC(=O)N1CCC(N2CC[C@H](C(=O)N(C)[C@H](C)c3cc(C(F)(F)F)cc(C(F)(F)F)c3)[C@@H](c3ccc(F)cc3C)C2)CC1. The van der Waals surface area contributed by atoms with Gasteiger partial charge >= 0.3 is 18.4 Å². The molecule has 13 heteroatoms. The maximum atomic E-state index is 14.0. The first-order valence-corrected chi connectivity index (χ1v) is 14.4. The highest BCUT2D eigenvalue weighted by Gasteiger charge is 2.42. The van der Waals surface area contributed by atoms with E-state index < -0.39 is 59.2 Å². The second-order valence-corrected chi connectivity index (χ2v) is 11.7. The highest BCUT2D eigenvalue weighted by atomic mass is 19.4. The van der Waals surface area contributed by atoms with Crippen LogP contribution in [0.25, 0.3) is 0 Å². The van der Waals surface area contributed by atoms with Crippen LogP contribution in [0, 0.1) is 18.7 Å². The fraction of sp³-hybridized carbons (Fsp3) is 0.548. The minimum atomic E-state index is -5.01. The smallest absolute Gasteiger partial charge is 0.416 e. The molecule has 2 aromatic rings. The molecule has 242 valence electrons. The molecule has 2 fully saturated rings. The van der Waals surface area contributed by atoms with Crippen LogP contribution in [0.1, 0.15) is 66.0 Å². The van der Waals surface area contributed by atoms with Crippen LogP contribution >= 0.6 is 0 Å². The molecule has 0 bridgehead atoms. The molecule has 2 saturated heterocycles. The lowest BCUT2D eigenvalue weighted by atomic mass is 9.77. The van der Waals surface area contributed by atoms with Crippen LogP contribution in [0.4, 0.5) is 35.5 Å². The van der Waals surface area contributed by atoms with E-state index in [0.29, 0.717) is 63.1 Å². The van der Waals surface area contributed by atoms with E-state index in [1.165, 1.54) is 38.1 Å².